The summed E-state index contributed by atoms with van der Waals surface area (Å²) in [6, 6.07) is 8.08. The number of carbonyl (C=O) groups is 2. The quantitative estimate of drug-likeness (QED) is 0.823. The van der Waals surface area contributed by atoms with Crippen LogP contribution in [-0.2, 0) is 29.0 Å². The summed E-state index contributed by atoms with van der Waals surface area (Å²) in [5.41, 5.74) is 4.26. The van der Waals surface area contributed by atoms with Crippen molar-refractivity contribution in [3.63, 3.8) is 0 Å². The van der Waals surface area contributed by atoms with E-state index < -0.39 is 0 Å². The van der Waals surface area contributed by atoms with Gasteiger partial charge in [0.1, 0.15) is 0 Å². The molecule has 4 rings (SSSR count). The number of nitrogens with zero attached hydrogens (tertiary/aromatic N) is 4. The molecule has 1 aromatic heterocycles. The van der Waals surface area contributed by atoms with E-state index in [1.165, 1.54) is 5.56 Å². The minimum Gasteiger partial charge on any atom is -0.338 e. The van der Waals surface area contributed by atoms with E-state index in [-0.39, 0.29) is 17.9 Å². The Hall–Kier alpha value is -2.76. The number of amides is 2. The fourth-order valence-electron chi connectivity index (χ4n) is 4.08. The van der Waals surface area contributed by atoms with Crippen LogP contribution in [0.2, 0.25) is 0 Å². The zero-order valence-corrected chi connectivity index (χ0v) is 16.5. The van der Waals surface area contributed by atoms with Gasteiger partial charge in [-0.25, -0.2) is 9.97 Å². The largest absolute Gasteiger partial charge is 0.338 e. The van der Waals surface area contributed by atoms with E-state index in [2.05, 4.69) is 4.98 Å². The molecule has 28 heavy (non-hydrogen) atoms. The molecule has 1 atom stereocenters. The summed E-state index contributed by atoms with van der Waals surface area (Å²) in [5.74, 6) is 0.957. The Morgan fingerprint density at radius 2 is 1.96 bits per heavy atom. The van der Waals surface area contributed by atoms with Crippen molar-refractivity contribution in [1.29, 1.82) is 0 Å². The van der Waals surface area contributed by atoms with Crippen LogP contribution in [0.1, 0.15) is 54.0 Å². The summed E-state index contributed by atoms with van der Waals surface area (Å²) in [6.07, 6.45) is 4.87. The third kappa shape index (κ3) is 3.77. The minimum absolute atomic E-state index is 0.0471. The predicted molar refractivity (Wildman–Crippen MR) is 105 cm³/mol. The SMILES string of the molecule is CC(=O)N1CCc2nc([C@@H]3CCCN3C(=O)Cc3ccc(C)cc3)ncc2C1. The first-order valence-electron chi connectivity index (χ1n) is 9.96. The normalized spacial score (nSPS) is 18.9. The molecular weight excluding hydrogens is 352 g/mol. The highest BCUT2D eigenvalue weighted by Gasteiger charge is 2.32. The van der Waals surface area contributed by atoms with Crippen LogP contribution >= 0.6 is 0 Å². The van der Waals surface area contributed by atoms with Gasteiger partial charge >= 0.3 is 0 Å². The van der Waals surface area contributed by atoms with Gasteiger partial charge < -0.3 is 9.80 Å². The molecule has 0 N–H and O–H groups in total. The van der Waals surface area contributed by atoms with Gasteiger partial charge in [0.25, 0.3) is 0 Å². The number of hydrogen-bond acceptors (Lipinski definition) is 4. The van der Waals surface area contributed by atoms with Crippen LogP contribution in [0, 0.1) is 6.92 Å². The van der Waals surface area contributed by atoms with Crippen molar-refractivity contribution in [3.8, 4) is 0 Å². The Bertz CT molecular complexity index is 894. The molecule has 0 aliphatic carbocycles. The smallest absolute Gasteiger partial charge is 0.227 e. The van der Waals surface area contributed by atoms with Crippen LogP contribution in [0.5, 0.6) is 0 Å². The Labute approximate surface area is 165 Å². The number of rotatable bonds is 3. The predicted octanol–water partition coefficient (Wildman–Crippen LogP) is 2.60. The molecule has 1 saturated heterocycles. The lowest BCUT2D eigenvalue weighted by atomic mass is 10.1. The molecule has 6 heteroatoms. The average Bonchev–Trinajstić information content (AvgIpc) is 3.19. The first-order chi connectivity index (χ1) is 13.5. The van der Waals surface area contributed by atoms with Gasteiger partial charge in [0.2, 0.25) is 11.8 Å². The fraction of sp³-hybridized carbons (Fsp3) is 0.455. The Morgan fingerprint density at radius 1 is 1.18 bits per heavy atom. The second kappa shape index (κ2) is 7.70. The van der Waals surface area contributed by atoms with Crippen molar-refractivity contribution in [2.75, 3.05) is 13.1 Å². The first-order valence-corrected chi connectivity index (χ1v) is 9.96. The molecule has 0 radical (unpaired) electrons. The maximum Gasteiger partial charge on any atom is 0.227 e. The van der Waals surface area contributed by atoms with Crippen molar-refractivity contribution in [2.24, 2.45) is 0 Å². The van der Waals surface area contributed by atoms with Gasteiger partial charge in [0, 0.05) is 44.7 Å². The van der Waals surface area contributed by atoms with Crippen molar-refractivity contribution in [3.05, 3.63) is 58.7 Å². The van der Waals surface area contributed by atoms with Crippen LogP contribution in [0.3, 0.4) is 0 Å². The fourth-order valence-corrected chi connectivity index (χ4v) is 4.08. The summed E-state index contributed by atoms with van der Waals surface area (Å²) in [6.45, 7) is 5.67. The number of hydrogen-bond donors (Lipinski definition) is 0. The Balaban J connectivity index is 1.50. The first kappa shape index (κ1) is 18.6. The second-order valence-electron chi connectivity index (χ2n) is 7.80. The maximum absolute atomic E-state index is 12.9. The van der Waals surface area contributed by atoms with Crippen molar-refractivity contribution in [2.45, 2.75) is 52.1 Å². The lowest BCUT2D eigenvalue weighted by Crippen LogP contribution is -2.36. The molecule has 0 spiro atoms. The molecule has 0 unspecified atom stereocenters. The van der Waals surface area contributed by atoms with E-state index in [4.69, 9.17) is 4.98 Å². The van der Waals surface area contributed by atoms with E-state index in [1.54, 1.807) is 6.92 Å². The molecular formula is C22H26N4O2. The molecule has 146 valence electrons. The van der Waals surface area contributed by atoms with Gasteiger partial charge in [0.05, 0.1) is 18.2 Å². The van der Waals surface area contributed by atoms with Gasteiger partial charge in [0.15, 0.2) is 5.82 Å². The lowest BCUT2D eigenvalue weighted by molar-refractivity contribution is -0.132. The molecule has 1 fully saturated rings. The number of likely N-dealkylation sites (tertiary alicyclic amines) is 1. The van der Waals surface area contributed by atoms with Crippen molar-refractivity contribution in [1.82, 2.24) is 19.8 Å². The van der Waals surface area contributed by atoms with Crippen LogP contribution in [-0.4, -0.2) is 44.7 Å². The van der Waals surface area contributed by atoms with E-state index in [0.717, 1.165) is 48.5 Å². The number of aromatic nitrogens is 2. The summed E-state index contributed by atoms with van der Waals surface area (Å²) < 4.78 is 0. The summed E-state index contributed by atoms with van der Waals surface area (Å²) in [7, 11) is 0. The zero-order valence-electron chi connectivity index (χ0n) is 16.5. The van der Waals surface area contributed by atoms with Crippen molar-refractivity contribution >= 4 is 11.8 Å². The maximum atomic E-state index is 12.9. The second-order valence-corrected chi connectivity index (χ2v) is 7.80. The van der Waals surface area contributed by atoms with Crippen LogP contribution in [0.4, 0.5) is 0 Å². The number of benzene rings is 1. The molecule has 1 aromatic carbocycles. The average molecular weight is 378 g/mol. The van der Waals surface area contributed by atoms with Gasteiger partial charge in [-0.05, 0) is 25.3 Å². The van der Waals surface area contributed by atoms with Gasteiger partial charge in [-0.3, -0.25) is 9.59 Å². The molecule has 6 nitrogen and oxygen atoms in total. The highest BCUT2D eigenvalue weighted by Crippen LogP contribution is 2.31. The summed E-state index contributed by atoms with van der Waals surface area (Å²) >= 11 is 0. The molecule has 2 aromatic rings. The molecule has 0 bridgehead atoms. The molecule has 2 amide bonds. The minimum atomic E-state index is -0.0471. The van der Waals surface area contributed by atoms with Crippen LogP contribution in [0.15, 0.2) is 30.5 Å². The molecule has 3 heterocycles. The Kier molecular flexibility index (Phi) is 5.11. The standard InChI is InChI=1S/C22H26N4O2/c1-15-5-7-17(8-6-15)12-21(28)26-10-3-4-20(26)22-23-13-18-14-25(16(2)27)11-9-19(18)24-22/h5-8,13,20H,3-4,9-12,14H2,1-2H3/t20-/m0/s1. The number of fused-ring (bicyclic) bond motifs is 1. The van der Waals surface area contributed by atoms with E-state index >= 15 is 0 Å². The monoisotopic (exact) mass is 378 g/mol. The highest BCUT2D eigenvalue weighted by atomic mass is 16.2. The Morgan fingerprint density at radius 3 is 2.71 bits per heavy atom. The third-order valence-electron chi connectivity index (χ3n) is 5.75. The van der Waals surface area contributed by atoms with Gasteiger partial charge in [-0.2, -0.15) is 0 Å². The van der Waals surface area contributed by atoms with Crippen LogP contribution < -0.4 is 0 Å². The van der Waals surface area contributed by atoms with Gasteiger partial charge in [-0.15, -0.1) is 0 Å². The summed E-state index contributed by atoms with van der Waals surface area (Å²) in [4.78, 5) is 37.7. The number of carbonyl (C=O) groups excluding carboxylic acids is 2. The highest BCUT2D eigenvalue weighted by molar-refractivity contribution is 5.79. The number of aryl methyl sites for hydroxylation is 1. The third-order valence-corrected chi connectivity index (χ3v) is 5.75. The molecule has 2 aliphatic heterocycles. The van der Waals surface area contributed by atoms with Crippen LogP contribution in [0.25, 0.3) is 0 Å². The summed E-state index contributed by atoms with van der Waals surface area (Å²) in [5, 5.41) is 0. The van der Waals surface area contributed by atoms with Gasteiger partial charge in [-0.1, -0.05) is 29.8 Å². The van der Waals surface area contributed by atoms with E-state index in [1.807, 2.05) is 47.2 Å². The van der Waals surface area contributed by atoms with E-state index in [0.29, 0.717) is 19.5 Å². The lowest BCUT2D eigenvalue weighted by Gasteiger charge is -2.28. The molecule has 0 saturated carbocycles. The molecule has 2 aliphatic rings. The van der Waals surface area contributed by atoms with Crippen molar-refractivity contribution < 1.29 is 9.59 Å². The topological polar surface area (TPSA) is 66.4 Å². The zero-order chi connectivity index (χ0) is 19.7. The van der Waals surface area contributed by atoms with E-state index in [9.17, 15) is 9.59 Å².